The van der Waals surface area contributed by atoms with Gasteiger partial charge >= 0.3 is 6.16 Å². The van der Waals surface area contributed by atoms with Crippen LogP contribution in [0.5, 0.6) is 0 Å². The van der Waals surface area contributed by atoms with Crippen LogP contribution in [0.3, 0.4) is 0 Å². The molecule has 0 radical (unpaired) electrons. The van der Waals surface area contributed by atoms with Crippen molar-refractivity contribution < 1.29 is 29.2 Å². The van der Waals surface area contributed by atoms with Gasteiger partial charge in [-0.2, -0.15) is 0 Å². The Morgan fingerprint density at radius 1 is 1.02 bits per heavy atom. The first-order valence-electron chi connectivity index (χ1n) is 17.6. The summed E-state index contributed by atoms with van der Waals surface area (Å²) in [6.45, 7) is 15.0. The van der Waals surface area contributed by atoms with Gasteiger partial charge in [0.15, 0.2) is 0 Å². The zero-order valence-corrected chi connectivity index (χ0v) is 27.8. The predicted molar refractivity (Wildman–Crippen MR) is 169 cm³/mol. The Balaban J connectivity index is 1.13. The van der Waals surface area contributed by atoms with Gasteiger partial charge in [0.25, 0.3) is 0 Å². The molecule has 4 fully saturated rings. The number of aliphatic hydroxyl groups excluding tert-OH is 2. The molecular weight excluding hydrogens is 542 g/mol. The van der Waals surface area contributed by atoms with Crippen LogP contribution in [0.1, 0.15) is 105 Å². The van der Waals surface area contributed by atoms with Gasteiger partial charge in [0, 0.05) is 32.7 Å². The number of carbonyl (C=O) groups is 1. The van der Waals surface area contributed by atoms with Crippen molar-refractivity contribution in [3.8, 4) is 0 Å². The molecule has 0 aromatic carbocycles. The van der Waals surface area contributed by atoms with Crippen LogP contribution in [0.15, 0.2) is 11.6 Å². The molecule has 5 rings (SSSR count). The highest BCUT2D eigenvalue weighted by Gasteiger charge is 2.55. The molecule has 246 valence electrons. The molecule has 5 aliphatic rings. The molecule has 7 heteroatoms. The van der Waals surface area contributed by atoms with E-state index in [9.17, 15) is 4.79 Å². The van der Waals surface area contributed by atoms with E-state index in [1.165, 1.54) is 50.5 Å². The summed E-state index contributed by atoms with van der Waals surface area (Å²) in [6.07, 6.45) is 14.9. The summed E-state index contributed by atoms with van der Waals surface area (Å²) in [6, 6.07) is 0. The minimum Gasteiger partial charge on any atom is -0.433 e. The SMILES string of the molecule is C[C@H]1CC[C@@]2(C[C@@H](C)[C@@H](CC3(C)CC[C@H]4[C@@H](CC=C5C[C@@H](OC(=O)OCCN(CCO)CCO)CC[C@@]54C)C3)[C@@H]2C)OC1. The van der Waals surface area contributed by atoms with Crippen LogP contribution < -0.4 is 0 Å². The number of hydrogen-bond acceptors (Lipinski definition) is 7. The van der Waals surface area contributed by atoms with E-state index in [2.05, 4.69) is 40.7 Å². The van der Waals surface area contributed by atoms with Crippen molar-refractivity contribution in [3.63, 3.8) is 0 Å². The van der Waals surface area contributed by atoms with Crippen molar-refractivity contribution in [2.75, 3.05) is 46.1 Å². The van der Waals surface area contributed by atoms with Crippen molar-refractivity contribution in [1.82, 2.24) is 4.90 Å². The molecule has 0 aromatic rings. The number of aliphatic hydroxyl groups is 2. The predicted octanol–water partition coefficient (Wildman–Crippen LogP) is 6.61. The van der Waals surface area contributed by atoms with E-state index in [1.807, 2.05) is 4.90 Å². The Hall–Kier alpha value is -1.15. The fourth-order valence-corrected chi connectivity index (χ4v) is 10.5. The second-order valence-corrected chi connectivity index (χ2v) is 16.0. The van der Waals surface area contributed by atoms with E-state index in [0.29, 0.717) is 36.9 Å². The average Bonchev–Trinajstić information content (AvgIpc) is 3.18. The summed E-state index contributed by atoms with van der Waals surface area (Å²) in [5.41, 5.74) is 2.26. The lowest BCUT2D eigenvalue weighted by Gasteiger charge is -2.56. The zero-order valence-electron chi connectivity index (χ0n) is 27.8. The lowest BCUT2D eigenvalue weighted by atomic mass is 9.50. The number of allylic oxidation sites excluding steroid dienone is 1. The van der Waals surface area contributed by atoms with E-state index >= 15 is 0 Å². The fraction of sp³-hybridized carbons (Fsp3) is 0.917. The molecule has 43 heavy (non-hydrogen) atoms. The van der Waals surface area contributed by atoms with Gasteiger partial charge in [-0.05, 0) is 111 Å². The average molecular weight is 604 g/mol. The summed E-state index contributed by atoms with van der Waals surface area (Å²) in [5, 5.41) is 18.3. The van der Waals surface area contributed by atoms with E-state index in [-0.39, 0.29) is 36.9 Å². The van der Waals surface area contributed by atoms with Gasteiger partial charge in [-0.25, -0.2) is 4.79 Å². The molecule has 1 spiro atoms. The quantitative estimate of drug-likeness (QED) is 0.215. The van der Waals surface area contributed by atoms with Crippen LogP contribution in [0, 0.1) is 46.3 Å². The van der Waals surface area contributed by atoms with Crippen LogP contribution >= 0.6 is 0 Å². The Morgan fingerprint density at radius 3 is 2.49 bits per heavy atom. The maximum atomic E-state index is 12.5. The molecule has 7 nitrogen and oxygen atoms in total. The van der Waals surface area contributed by atoms with Crippen LogP contribution in [0.2, 0.25) is 0 Å². The summed E-state index contributed by atoms with van der Waals surface area (Å²) in [7, 11) is 0. The minimum absolute atomic E-state index is 0.00984. The molecule has 1 unspecified atom stereocenters. The van der Waals surface area contributed by atoms with Crippen LogP contribution in [0.4, 0.5) is 4.79 Å². The fourth-order valence-electron chi connectivity index (χ4n) is 10.5. The smallest absolute Gasteiger partial charge is 0.433 e. The van der Waals surface area contributed by atoms with Gasteiger partial charge in [0.2, 0.25) is 0 Å². The molecule has 0 bridgehead atoms. The lowest BCUT2D eigenvalue weighted by molar-refractivity contribution is -0.123. The molecule has 0 amide bonds. The summed E-state index contributed by atoms with van der Waals surface area (Å²) >= 11 is 0. The molecule has 1 heterocycles. The van der Waals surface area contributed by atoms with Gasteiger partial charge in [-0.1, -0.05) is 46.3 Å². The topological polar surface area (TPSA) is 88.5 Å². The molecule has 10 atom stereocenters. The summed E-state index contributed by atoms with van der Waals surface area (Å²) < 4.78 is 17.8. The highest BCUT2D eigenvalue weighted by atomic mass is 16.7. The normalized spacial score (nSPS) is 42.8. The summed E-state index contributed by atoms with van der Waals surface area (Å²) in [4.78, 5) is 14.3. The maximum Gasteiger partial charge on any atom is 0.508 e. The molecule has 1 saturated heterocycles. The number of nitrogens with zero attached hydrogens (tertiary/aromatic N) is 1. The minimum atomic E-state index is -0.602. The lowest BCUT2D eigenvalue weighted by Crippen LogP contribution is -2.47. The number of ether oxygens (including phenoxy) is 3. The second kappa shape index (κ2) is 13.7. The van der Waals surface area contributed by atoms with E-state index in [1.54, 1.807) is 0 Å². The third kappa shape index (κ3) is 7.15. The van der Waals surface area contributed by atoms with Gasteiger partial charge < -0.3 is 24.4 Å². The Morgan fingerprint density at radius 2 is 1.79 bits per heavy atom. The van der Waals surface area contributed by atoms with Crippen LogP contribution in [0.25, 0.3) is 0 Å². The van der Waals surface area contributed by atoms with Crippen molar-refractivity contribution in [3.05, 3.63) is 11.6 Å². The number of fused-ring (bicyclic) bond motifs is 3. The highest BCUT2D eigenvalue weighted by molar-refractivity contribution is 5.60. The molecular formula is C36H61NO6. The molecule has 0 aromatic heterocycles. The first-order chi connectivity index (χ1) is 20.5. The first-order valence-corrected chi connectivity index (χ1v) is 17.6. The van der Waals surface area contributed by atoms with Gasteiger partial charge in [0.1, 0.15) is 12.7 Å². The highest BCUT2D eigenvalue weighted by Crippen LogP contribution is 2.62. The maximum absolute atomic E-state index is 12.5. The van der Waals surface area contributed by atoms with Gasteiger partial charge in [-0.3, -0.25) is 4.90 Å². The number of hydrogen-bond donors (Lipinski definition) is 2. The second-order valence-electron chi connectivity index (χ2n) is 16.0. The molecule has 3 saturated carbocycles. The largest absolute Gasteiger partial charge is 0.508 e. The number of carbonyl (C=O) groups excluding carboxylic acids is 1. The molecule has 1 aliphatic heterocycles. The monoisotopic (exact) mass is 603 g/mol. The van der Waals surface area contributed by atoms with E-state index in [4.69, 9.17) is 24.4 Å². The van der Waals surface area contributed by atoms with E-state index in [0.717, 1.165) is 56.0 Å². The Labute approximate surface area is 261 Å². The number of rotatable bonds is 10. The zero-order chi connectivity index (χ0) is 30.8. The van der Waals surface area contributed by atoms with Gasteiger partial charge in [-0.15, -0.1) is 0 Å². The van der Waals surface area contributed by atoms with Crippen molar-refractivity contribution in [2.45, 2.75) is 117 Å². The van der Waals surface area contributed by atoms with Crippen molar-refractivity contribution >= 4 is 6.16 Å². The third-order valence-electron chi connectivity index (χ3n) is 13.1. The van der Waals surface area contributed by atoms with Crippen LogP contribution in [-0.4, -0.2) is 79.0 Å². The van der Waals surface area contributed by atoms with Crippen molar-refractivity contribution in [2.24, 2.45) is 46.3 Å². The van der Waals surface area contributed by atoms with Crippen LogP contribution in [-0.2, 0) is 14.2 Å². The van der Waals surface area contributed by atoms with E-state index < -0.39 is 6.16 Å². The standard InChI is InChI=1S/C36H61NO6/c1-25-8-13-36(42-24-25)21-26(2)31(27(36)3)23-34(4)11-10-32-28(22-34)6-7-29-20-30(9-12-35(29,32)5)43-33(40)41-19-16-37(14-17-38)15-18-39/h7,25-28,30-32,38-39H,6,8-24H2,1-5H3/t25-,26+,27-,28-,30-,31+,32-,34?,35-,36-/m0/s1. The summed E-state index contributed by atoms with van der Waals surface area (Å²) in [5.74, 6) is 4.35. The van der Waals surface area contributed by atoms with Crippen molar-refractivity contribution in [1.29, 1.82) is 0 Å². The first kappa shape index (κ1) is 33.2. The van der Waals surface area contributed by atoms with Gasteiger partial charge in [0.05, 0.1) is 18.8 Å². The molecule has 2 N–H and O–H groups in total. The Kier molecular flexibility index (Phi) is 10.6. The Bertz CT molecular complexity index is 971. The third-order valence-corrected chi connectivity index (χ3v) is 13.1. The molecule has 4 aliphatic carbocycles.